The fourth-order valence-electron chi connectivity index (χ4n) is 2.65. The molecule has 0 aliphatic carbocycles. The number of rotatable bonds is 7. The molecule has 0 radical (unpaired) electrons. The Hall–Kier alpha value is -2.43. The summed E-state index contributed by atoms with van der Waals surface area (Å²) in [5, 5.41) is 10.3. The van der Waals surface area contributed by atoms with E-state index in [1.54, 1.807) is 6.92 Å². The first-order valence-electron chi connectivity index (χ1n) is 8.34. The predicted octanol–water partition coefficient (Wildman–Crippen LogP) is 2.68. The molecule has 0 aliphatic heterocycles. The monoisotopic (exact) mass is 435 g/mol. The number of aromatic nitrogens is 1. The molecule has 1 amide bonds. The first-order valence-corrected chi connectivity index (χ1v) is 8.72. The Kier molecular flexibility index (Phi) is 6.71. The summed E-state index contributed by atoms with van der Waals surface area (Å²) in [5.41, 5.74) is 5.21. The van der Waals surface area contributed by atoms with Crippen LogP contribution in [-0.2, 0) is 16.8 Å². The van der Waals surface area contributed by atoms with Crippen molar-refractivity contribution in [3.63, 3.8) is 0 Å². The average Bonchev–Trinajstić information content (AvgIpc) is 2.61. The molecule has 1 aromatic heterocycles. The van der Waals surface area contributed by atoms with Crippen molar-refractivity contribution in [2.45, 2.75) is 25.1 Å². The highest BCUT2D eigenvalue weighted by molar-refractivity contribution is 6.30. The van der Waals surface area contributed by atoms with Crippen molar-refractivity contribution in [3.05, 3.63) is 46.4 Å². The van der Waals surface area contributed by atoms with Crippen LogP contribution in [-0.4, -0.2) is 35.3 Å². The van der Waals surface area contributed by atoms with E-state index in [1.807, 2.05) is 0 Å². The van der Waals surface area contributed by atoms with Gasteiger partial charge in [-0.15, -0.1) is 0 Å². The molecular weight excluding hydrogens is 418 g/mol. The highest BCUT2D eigenvalue weighted by Crippen LogP contribution is 2.42. The Balaban J connectivity index is 2.90. The van der Waals surface area contributed by atoms with E-state index in [0.717, 1.165) is 12.1 Å². The molecule has 5 N–H and O–H groups in total. The maximum absolute atomic E-state index is 14.5. The van der Waals surface area contributed by atoms with Gasteiger partial charge in [0.05, 0.1) is 18.7 Å². The summed E-state index contributed by atoms with van der Waals surface area (Å²) in [6.07, 6.45) is -5.73. The molecule has 6 nitrogen and oxygen atoms in total. The Morgan fingerprint density at radius 3 is 2.45 bits per heavy atom. The van der Waals surface area contributed by atoms with Crippen LogP contribution >= 0.6 is 11.6 Å². The number of hydrogen-bond donors (Lipinski definition) is 3. The van der Waals surface area contributed by atoms with E-state index >= 15 is 0 Å². The molecule has 0 unspecified atom stereocenters. The predicted molar refractivity (Wildman–Crippen MR) is 97.7 cm³/mol. The van der Waals surface area contributed by atoms with Crippen molar-refractivity contribution < 1.29 is 32.2 Å². The SMILES string of the molecule is CCOc1c(CC(N)=O)cc([C@@](O)(CN)C(F)(F)F)nc1-c1ccc(Cl)cc1F. The first-order chi connectivity index (χ1) is 13.4. The molecular formula is C18H18ClF4N3O3. The summed E-state index contributed by atoms with van der Waals surface area (Å²) in [5.74, 6) is -1.91. The number of nitrogens with two attached hydrogens (primary N) is 2. The maximum atomic E-state index is 14.5. The maximum Gasteiger partial charge on any atom is 0.424 e. The molecule has 2 aromatic rings. The lowest BCUT2D eigenvalue weighted by molar-refractivity contribution is -0.263. The molecule has 0 saturated heterocycles. The second-order valence-electron chi connectivity index (χ2n) is 6.11. The van der Waals surface area contributed by atoms with Crippen LogP contribution in [0.4, 0.5) is 17.6 Å². The van der Waals surface area contributed by atoms with Crippen LogP contribution in [0.15, 0.2) is 24.3 Å². The molecule has 0 spiro atoms. The molecule has 11 heteroatoms. The van der Waals surface area contributed by atoms with E-state index in [2.05, 4.69) is 4.98 Å². The van der Waals surface area contributed by atoms with Gasteiger partial charge in [-0.1, -0.05) is 11.6 Å². The summed E-state index contributed by atoms with van der Waals surface area (Å²) in [4.78, 5) is 15.3. The number of carbonyl (C=O) groups excluding carboxylic acids is 1. The second kappa shape index (κ2) is 8.52. The minimum atomic E-state index is -5.19. The zero-order chi connectivity index (χ0) is 22.0. The van der Waals surface area contributed by atoms with Crippen molar-refractivity contribution in [1.29, 1.82) is 0 Å². The van der Waals surface area contributed by atoms with Gasteiger partial charge in [-0.25, -0.2) is 9.37 Å². The van der Waals surface area contributed by atoms with Crippen LogP contribution in [0.2, 0.25) is 5.02 Å². The Morgan fingerprint density at radius 1 is 1.31 bits per heavy atom. The van der Waals surface area contributed by atoms with Gasteiger partial charge in [-0.05, 0) is 31.2 Å². The fraction of sp³-hybridized carbons (Fsp3) is 0.333. The van der Waals surface area contributed by atoms with Crippen molar-refractivity contribution in [3.8, 4) is 17.0 Å². The topological polar surface area (TPSA) is 111 Å². The van der Waals surface area contributed by atoms with Gasteiger partial charge in [0.1, 0.15) is 17.3 Å². The van der Waals surface area contributed by atoms with Gasteiger partial charge in [0.15, 0.2) is 0 Å². The number of alkyl halides is 3. The van der Waals surface area contributed by atoms with Gasteiger partial charge in [-0.3, -0.25) is 4.79 Å². The highest BCUT2D eigenvalue weighted by atomic mass is 35.5. The molecule has 158 valence electrons. The van der Waals surface area contributed by atoms with Gasteiger partial charge in [-0.2, -0.15) is 13.2 Å². The Bertz CT molecular complexity index is 924. The van der Waals surface area contributed by atoms with E-state index in [1.165, 1.54) is 12.1 Å². The molecule has 1 heterocycles. The number of benzene rings is 1. The number of primary amides is 1. The van der Waals surface area contributed by atoms with Crippen LogP contribution in [0, 0.1) is 5.82 Å². The number of ether oxygens (including phenoxy) is 1. The van der Waals surface area contributed by atoms with Crippen molar-refractivity contribution >= 4 is 17.5 Å². The van der Waals surface area contributed by atoms with Crippen LogP contribution < -0.4 is 16.2 Å². The number of pyridine rings is 1. The number of aliphatic hydroxyl groups is 1. The van der Waals surface area contributed by atoms with Gasteiger partial charge < -0.3 is 21.3 Å². The lowest BCUT2D eigenvalue weighted by Crippen LogP contribution is -2.49. The van der Waals surface area contributed by atoms with E-state index in [9.17, 15) is 27.5 Å². The Morgan fingerprint density at radius 2 is 1.97 bits per heavy atom. The van der Waals surface area contributed by atoms with Crippen LogP contribution in [0.25, 0.3) is 11.3 Å². The molecule has 1 atom stereocenters. The average molecular weight is 436 g/mol. The molecule has 0 saturated carbocycles. The number of hydrogen-bond acceptors (Lipinski definition) is 5. The quantitative estimate of drug-likeness (QED) is 0.579. The minimum absolute atomic E-state index is 0.0371. The standard InChI is InChI=1S/C18H18ClF4N3O3/c1-2-29-16-9(6-14(25)27)5-13(17(28,8-24)18(21,22)23)26-15(16)11-4-3-10(19)7-12(11)20/h3-5,7,28H,2,6,8,24H2,1H3,(H2,25,27)/t17-/m0/s1. The third kappa shape index (κ3) is 4.60. The number of carbonyl (C=O) groups is 1. The largest absolute Gasteiger partial charge is 0.491 e. The van der Waals surface area contributed by atoms with Gasteiger partial charge in [0, 0.05) is 22.7 Å². The van der Waals surface area contributed by atoms with E-state index in [-0.39, 0.29) is 34.2 Å². The van der Waals surface area contributed by atoms with Gasteiger partial charge >= 0.3 is 6.18 Å². The summed E-state index contributed by atoms with van der Waals surface area (Å²) in [7, 11) is 0. The van der Waals surface area contributed by atoms with Gasteiger partial charge in [0.25, 0.3) is 0 Å². The summed E-state index contributed by atoms with van der Waals surface area (Å²) in [6, 6.07) is 4.26. The van der Waals surface area contributed by atoms with E-state index in [4.69, 9.17) is 27.8 Å². The zero-order valence-electron chi connectivity index (χ0n) is 15.2. The van der Waals surface area contributed by atoms with Crippen LogP contribution in [0.3, 0.4) is 0 Å². The molecule has 2 rings (SSSR count). The van der Waals surface area contributed by atoms with Gasteiger partial charge in [0.2, 0.25) is 11.5 Å². The Labute approximate surface area is 168 Å². The van der Waals surface area contributed by atoms with Crippen molar-refractivity contribution in [2.75, 3.05) is 13.2 Å². The van der Waals surface area contributed by atoms with Crippen LogP contribution in [0.5, 0.6) is 5.75 Å². The second-order valence-corrected chi connectivity index (χ2v) is 6.54. The molecule has 1 aromatic carbocycles. The number of halogens is 5. The number of amides is 1. The van der Waals surface area contributed by atoms with Crippen molar-refractivity contribution in [1.82, 2.24) is 4.98 Å². The zero-order valence-corrected chi connectivity index (χ0v) is 15.9. The molecule has 0 bridgehead atoms. The molecule has 29 heavy (non-hydrogen) atoms. The lowest BCUT2D eigenvalue weighted by Gasteiger charge is -2.30. The lowest BCUT2D eigenvalue weighted by atomic mass is 9.94. The summed E-state index contributed by atoms with van der Waals surface area (Å²) in [6.45, 7) is 0.362. The summed E-state index contributed by atoms with van der Waals surface area (Å²) < 4.78 is 60.5. The molecule has 0 aliphatic rings. The first kappa shape index (κ1) is 22.9. The normalized spacial score (nSPS) is 13.8. The van der Waals surface area contributed by atoms with Crippen molar-refractivity contribution in [2.24, 2.45) is 11.5 Å². The van der Waals surface area contributed by atoms with Crippen LogP contribution in [0.1, 0.15) is 18.2 Å². The third-order valence-electron chi connectivity index (χ3n) is 4.08. The fourth-order valence-corrected chi connectivity index (χ4v) is 2.81. The smallest absolute Gasteiger partial charge is 0.424 e. The molecule has 0 fully saturated rings. The van der Waals surface area contributed by atoms with E-state index in [0.29, 0.717) is 0 Å². The third-order valence-corrected chi connectivity index (χ3v) is 4.31. The number of nitrogens with zero attached hydrogens (tertiary/aromatic N) is 1. The highest BCUT2D eigenvalue weighted by Gasteiger charge is 2.55. The minimum Gasteiger partial charge on any atom is -0.491 e. The summed E-state index contributed by atoms with van der Waals surface area (Å²) >= 11 is 5.73. The van der Waals surface area contributed by atoms with E-state index < -0.39 is 42.2 Å².